The number of nitrogens with zero attached hydrogens (tertiary/aromatic N) is 2. The Kier molecular flexibility index (Phi) is 7.36. The van der Waals surface area contributed by atoms with E-state index < -0.39 is 12.1 Å². The van der Waals surface area contributed by atoms with E-state index >= 15 is 0 Å². The van der Waals surface area contributed by atoms with Crippen molar-refractivity contribution in [2.45, 2.75) is 44.1 Å². The van der Waals surface area contributed by atoms with E-state index in [2.05, 4.69) is 4.98 Å². The standard InChI is InChI=1S/C16H22N2O3.C2HF3O2/c1-2-20-13-11-16(21-12-13)6-9-18(10-7-16)15(19)14-5-3-4-8-17-14;3-2(4,5)1(6)7/h3-5,8,13H,2,6-7,9-12H2,1H3;(H,6,7). The van der Waals surface area contributed by atoms with E-state index in [1.807, 2.05) is 24.0 Å². The van der Waals surface area contributed by atoms with Gasteiger partial charge in [0.25, 0.3) is 5.91 Å². The molecule has 10 heteroatoms. The van der Waals surface area contributed by atoms with Crippen molar-refractivity contribution < 1.29 is 37.3 Å². The number of carboxylic acids is 1. The molecule has 156 valence electrons. The molecule has 0 radical (unpaired) electrons. The van der Waals surface area contributed by atoms with Crippen LogP contribution in [0.4, 0.5) is 13.2 Å². The maximum absolute atomic E-state index is 12.4. The van der Waals surface area contributed by atoms with E-state index in [4.69, 9.17) is 19.4 Å². The summed E-state index contributed by atoms with van der Waals surface area (Å²) in [5.41, 5.74) is 0.439. The van der Waals surface area contributed by atoms with Crippen molar-refractivity contribution in [3.8, 4) is 0 Å². The quantitative estimate of drug-likeness (QED) is 0.833. The zero-order chi connectivity index (χ0) is 20.8. The zero-order valence-corrected chi connectivity index (χ0v) is 15.4. The lowest BCUT2D eigenvalue weighted by molar-refractivity contribution is -0.192. The molecular weight excluding hydrogens is 381 g/mol. The molecule has 0 aromatic carbocycles. The Balaban J connectivity index is 0.000000345. The first-order valence-corrected chi connectivity index (χ1v) is 8.93. The molecule has 1 N–H and O–H groups in total. The molecule has 2 fully saturated rings. The van der Waals surface area contributed by atoms with Gasteiger partial charge in [-0.25, -0.2) is 4.79 Å². The van der Waals surface area contributed by atoms with E-state index in [1.54, 1.807) is 12.3 Å². The number of amides is 1. The first-order chi connectivity index (χ1) is 13.2. The van der Waals surface area contributed by atoms with Gasteiger partial charge in [0.1, 0.15) is 5.69 Å². The van der Waals surface area contributed by atoms with E-state index in [0.29, 0.717) is 12.3 Å². The first kappa shape index (κ1) is 22.1. The third-order valence-corrected chi connectivity index (χ3v) is 4.67. The number of carbonyl (C=O) groups excluding carboxylic acids is 1. The van der Waals surface area contributed by atoms with Gasteiger partial charge in [0.2, 0.25) is 0 Å². The average molecular weight is 404 g/mol. The predicted molar refractivity (Wildman–Crippen MR) is 91.8 cm³/mol. The topological polar surface area (TPSA) is 89.0 Å². The molecule has 1 unspecified atom stereocenters. The third kappa shape index (κ3) is 5.90. The molecule has 0 saturated carbocycles. The molecular formula is C18H23F3N2O5. The average Bonchev–Trinajstić information content (AvgIpc) is 3.05. The number of piperidine rings is 1. The van der Waals surface area contributed by atoms with Crippen LogP contribution in [0.15, 0.2) is 24.4 Å². The molecule has 28 heavy (non-hydrogen) atoms. The number of carbonyl (C=O) groups is 2. The van der Waals surface area contributed by atoms with Gasteiger partial charge in [-0.2, -0.15) is 13.2 Å². The summed E-state index contributed by atoms with van der Waals surface area (Å²) in [6.07, 6.45) is -0.490. The maximum Gasteiger partial charge on any atom is 0.490 e. The van der Waals surface area contributed by atoms with Gasteiger partial charge in [0.15, 0.2) is 0 Å². The lowest BCUT2D eigenvalue weighted by Gasteiger charge is -2.38. The van der Waals surface area contributed by atoms with Crippen molar-refractivity contribution in [1.82, 2.24) is 9.88 Å². The second-order valence-corrected chi connectivity index (χ2v) is 6.59. The summed E-state index contributed by atoms with van der Waals surface area (Å²) in [6, 6.07) is 5.44. The highest BCUT2D eigenvalue weighted by molar-refractivity contribution is 5.92. The summed E-state index contributed by atoms with van der Waals surface area (Å²) in [5.74, 6) is -2.74. The minimum Gasteiger partial charge on any atom is -0.475 e. The Hall–Kier alpha value is -2.20. The number of carboxylic acid groups (broad SMARTS) is 1. The Morgan fingerprint density at radius 1 is 1.36 bits per heavy atom. The number of hydrogen-bond acceptors (Lipinski definition) is 5. The molecule has 1 spiro atoms. The summed E-state index contributed by atoms with van der Waals surface area (Å²) in [6.45, 7) is 4.89. The highest BCUT2D eigenvalue weighted by atomic mass is 19.4. The van der Waals surface area contributed by atoms with E-state index in [1.165, 1.54) is 0 Å². The predicted octanol–water partition coefficient (Wildman–Crippen LogP) is 2.52. The molecule has 1 amide bonds. The number of hydrogen-bond donors (Lipinski definition) is 1. The molecule has 1 aromatic heterocycles. The van der Waals surface area contributed by atoms with Crippen LogP contribution in [0.5, 0.6) is 0 Å². The minimum atomic E-state index is -5.08. The number of alkyl halides is 3. The van der Waals surface area contributed by atoms with Crippen molar-refractivity contribution in [1.29, 1.82) is 0 Å². The van der Waals surface area contributed by atoms with Gasteiger partial charge in [-0.3, -0.25) is 9.78 Å². The van der Waals surface area contributed by atoms with Crippen molar-refractivity contribution in [2.75, 3.05) is 26.3 Å². The SMILES string of the molecule is CCOC1COC2(CCN(C(=O)c3ccccn3)CC2)C1.O=C(O)C(F)(F)F. The van der Waals surface area contributed by atoms with Gasteiger partial charge in [0, 0.05) is 32.3 Å². The number of aromatic nitrogens is 1. The molecule has 0 bridgehead atoms. The van der Waals surface area contributed by atoms with Crippen LogP contribution in [0.25, 0.3) is 0 Å². The van der Waals surface area contributed by atoms with E-state index in [9.17, 15) is 18.0 Å². The van der Waals surface area contributed by atoms with Gasteiger partial charge in [0.05, 0.1) is 18.3 Å². The van der Waals surface area contributed by atoms with Crippen molar-refractivity contribution >= 4 is 11.9 Å². The van der Waals surface area contributed by atoms with Crippen molar-refractivity contribution in [3.05, 3.63) is 30.1 Å². The fourth-order valence-corrected chi connectivity index (χ4v) is 3.26. The number of aliphatic carboxylic acids is 1. The van der Waals surface area contributed by atoms with Crippen molar-refractivity contribution in [3.63, 3.8) is 0 Å². The Bertz CT molecular complexity index is 661. The summed E-state index contributed by atoms with van der Waals surface area (Å²) in [4.78, 5) is 27.3. The van der Waals surface area contributed by atoms with Crippen LogP contribution in [-0.4, -0.2) is 71.1 Å². The Morgan fingerprint density at radius 2 is 2.00 bits per heavy atom. The van der Waals surface area contributed by atoms with Gasteiger partial charge in [-0.15, -0.1) is 0 Å². The fraction of sp³-hybridized carbons (Fsp3) is 0.611. The molecule has 1 atom stereocenters. The van der Waals surface area contributed by atoms with Crippen LogP contribution in [-0.2, 0) is 14.3 Å². The van der Waals surface area contributed by atoms with Crippen molar-refractivity contribution in [2.24, 2.45) is 0 Å². The van der Waals surface area contributed by atoms with Crippen LogP contribution < -0.4 is 0 Å². The van der Waals surface area contributed by atoms with Crippen LogP contribution >= 0.6 is 0 Å². The highest BCUT2D eigenvalue weighted by Crippen LogP contribution is 2.37. The summed E-state index contributed by atoms with van der Waals surface area (Å²) < 4.78 is 43.4. The highest BCUT2D eigenvalue weighted by Gasteiger charge is 2.43. The molecule has 2 saturated heterocycles. The van der Waals surface area contributed by atoms with Gasteiger partial charge >= 0.3 is 12.1 Å². The van der Waals surface area contributed by atoms with E-state index in [0.717, 1.165) is 39.0 Å². The molecule has 2 aliphatic heterocycles. The van der Waals surface area contributed by atoms with Crippen LogP contribution in [0.3, 0.4) is 0 Å². The number of ether oxygens (including phenoxy) is 2. The fourth-order valence-electron chi connectivity index (χ4n) is 3.26. The van der Waals surface area contributed by atoms with Crippen LogP contribution in [0.2, 0.25) is 0 Å². The Labute approximate surface area is 160 Å². The Morgan fingerprint density at radius 3 is 2.50 bits per heavy atom. The molecule has 1 aromatic rings. The van der Waals surface area contributed by atoms with Crippen LogP contribution in [0.1, 0.15) is 36.7 Å². The number of halogens is 3. The molecule has 3 heterocycles. The lowest BCUT2D eigenvalue weighted by Crippen LogP contribution is -2.46. The second kappa shape index (κ2) is 9.33. The second-order valence-electron chi connectivity index (χ2n) is 6.59. The molecule has 3 rings (SSSR count). The largest absolute Gasteiger partial charge is 0.490 e. The smallest absolute Gasteiger partial charge is 0.475 e. The molecule has 2 aliphatic rings. The summed E-state index contributed by atoms with van der Waals surface area (Å²) in [5, 5.41) is 7.12. The van der Waals surface area contributed by atoms with Gasteiger partial charge in [-0.1, -0.05) is 6.07 Å². The minimum absolute atomic E-state index is 0.0183. The zero-order valence-electron chi connectivity index (χ0n) is 15.4. The van der Waals surface area contributed by atoms with Crippen LogP contribution in [0, 0.1) is 0 Å². The van der Waals surface area contributed by atoms with Gasteiger partial charge in [-0.05, 0) is 31.9 Å². The number of pyridine rings is 1. The summed E-state index contributed by atoms with van der Waals surface area (Å²) in [7, 11) is 0. The number of rotatable bonds is 3. The molecule has 0 aliphatic carbocycles. The maximum atomic E-state index is 12.4. The third-order valence-electron chi connectivity index (χ3n) is 4.67. The van der Waals surface area contributed by atoms with E-state index in [-0.39, 0.29) is 17.6 Å². The monoisotopic (exact) mass is 404 g/mol. The molecule has 7 nitrogen and oxygen atoms in total. The normalized spacial score (nSPS) is 21.1. The number of likely N-dealkylation sites (tertiary alicyclic amines) is 1. The van der Waals surface area contributed by atoms with Gasteiger partial charge < -0.3 is 19.5 Å². The first-order valence-electron chi connectivity index (χ1n) is 8.93. The summed E-state index contributed by atoms with van der Waals surface area (Å²) >= 11 is 0. The lowest BCUT2D eigenvalue weighted by atomic mass is 9.88.